The first-order valence-corrected chi connectivity index (χ1v) is 11.0. The monoisotopic (exact) mass is 449 g/mol. The second-order valence-electron chi connectivity index (χ2n) is 8.15. The molecule has 33 heavy (non-hydrogen) atoms. The van der Waals surface area contributed by atoms with Crippen molar-refractivity contribution in [3.63, 3.8) is 0 Å². The fourth-order valence-corrected chi connectivity index (χ4v) is 3.16. The Kier molecular flexibility index (Phi) is 8.72. The molecule has 3 rings (SSSR count). The molecule has 0 unspecified atom stereocenters. The molecule has 3 aromatic carbocycles. The van der Waals surface area contributed by atoms with Gasteiger partial charge in [-0.1, -0.05) is 56.3 Å². The van der Waals surface area contributed by atoms with Crippen molar-refractivity contribution in [1.82, 2.24) is 0 Å². The molecule has 0 saturated carbocycles. The van der Waals surface area contributed by atoms with E-state index in [1.807, 2.05) is 66.7 Å². The van der Waals surface area contributed by atoms with Crippen LogP contribution in [0, 0.1) is 5.92 Å². The van der Waals surface area contributed by atoms with Gasteiger partial charge in [-0.3, -0.25) is 5.32 Å². The van der Waals surface area contributed by atoms with Crippen LogP contribution in [0.3, 0.4) is 0 Å². The molecule has 0 aliphatic rings. The maximum atomic E-state index is 12.5. The Morgan fingerprint density at radius 1 is 0.939 bits per heavy atom. The van der Waals surface area contributed by atoms with Crippen molar-refractivity contribution in [3.05, 3.63) is 77.9 Å². The lowest BCUT2D eigenvalue weighted by Gasteiger charge is -2.15. The molecule has 0 aromatic heterocycles. The van der Waals surface area contributed by atoms with E-state index in [0.717, 1.165) is 34.4 Å². The average Bonchev–Trinajstić information content (AvgIpc) is 2.84. The van der Waals surface area contributed by atoms with Gasteiger partial charge in [0.15, 0.2) is 0 Å². The largest absolute Gasteiger partial charge is 0.497 e. The molecule has 0 atom stereocenters. The molecule has 6 heteroatoms. The van der Waals surface area contributed by atoms with Gasteiger partial charge in [0.25, 0.3) is 0 Å². The van der Waals surface area contributed by atoms with E-state index in [-0.39, 0.29) is 13.2 Å². The third kappa shape index (κ3) is 7.26. The highest BCUT2D eigenvalue weighted by atomic mass is 16.5. The Labute approximate surface area is 195 Å². The van der Waals surface area contributed by atoms with Crippen molar-refractivity contribution in [1.29, 1.82) is 0 Å². The summed E-state index contributed by atoms with van der Waals surface area (Å²) in [6, 6.07) is 20.6. The number of amides is 1. The van der Waals surface area contributed by atoms with E-state index >= 15 is 0 Å². The Balaban J connectivity index is 1.73. The summed E-state index contributed by atoms with van der Waals surface area (Å²) in [5.74, 6) is 1.85. The van der Waals surface area contributed by atoms with Gasteiger partial charge in [0, 0.05) is 0 Å². The number of nitrogens with one attached hydrogen (secondary N) is 1. The van der Waals surface area contributed by atoms with Crippen LogP contribution in [0.15, 0.2) is 66.7 Å². The summed E-state index contributed by atoms with van der Waals surface area (Å²) in [5, 5.41) is 12.1. The highest BCUT2D eigenvalue weighted by Gasteiger charge is 2.12. The Morgan fingerprint density at radius 2 is 1.61 bits per heavy atom. The fourth-order valence-electron chi connectivity index (χ4n) is 3.16. The minimum absolute atomic E-state index is 0.00422. The molecule has 0 saturated heterocycles. The molecule has 0 aliphatic heterocycles. The number of rotatable bonds is 10. The number of anilines is 1. The van der Waals surface area contributed by atoms with Gasteiger partial charge in [-0.2, -0.15) is 0 Å². The second kappa shape index (κ2) is 11.9. The zero-order valence-corrected chi connectivity index (χ0v) is 19.3. The number of aliphatic hydroxyl groups is 1. The van der Waals surface area contributed by atoms with Gasteiger partial charge in [-0.15, -0.1) is 0 Å². The van der Waals surface area contributed by atoms with Gasteiger partial charge >= 0.3 is 6.09 Å². The topological polar surface area (TPSA) is 77.0 Å². The lowest BCUT2D eigenvalue weighted by molar-refractivity contribution is 0.155. The number of hydrogen-bond donors (Lipinski definition) is 2. The van der Waals surface area contributed by atoms with Crippen LogP contribution in [0.2, 0.25) is 0 Å². The zero-order chi connectivity index (χ0) is 23.6. The third-order valence-electron chi connectivity index (χ3n) is 5.17. The number of aliphatic hydroxyl groups excluding tert-OH is 1. The molecule has 0 heterocycles. The van der Waals surface area contributed by atoms with E-state index in [1.54, 1.807) is 7.11 Å². The standard InChI is InChI=1S/C27H31NO5/c1-19(2)14-15-32-26-13-10-23(22-8-4-20(17-29)5-9-22)16-25(26)28-27(30)33-18-21-6-11-24(31-3)12-7-21/h4-13,16,19,29H,14-15,17-18H2,1-3H3,(H,28,30). The highest BCUT2D eigenvalue weighted by Crippen LogP contribution is 2.31. The van der Waals surface area contributed by atoms with E-state index in [2.05, 4.69) is 19.2 Å². The Hall–Kier alpha value is -3.51. The second-order valence-corrected chi connectivity index (χ2v) is 8.15. The van der Waals surface area contributed by atoms with Crippen molar-refractivity contribution in [2.24, 2.45) is 5.92 Å². The van der Waals surface area contributed by atoms with Gasteiger partial charge in [0.05, 0.1) is 26.0 Å². The lowest BCUT2D eigenvalue weighted by atomic mass is 10.0. The number of carbonyl (C=O) groups is 1. The van der Waals surface area contributed by atoms with E-state index in [4.69, 9.17) is 14.2 Å². The normalized spacial score (nSPS) is 10.7. The quantitative estimate of drug-likeness (QED) is 0.395. The first kappa shape index (κ1) is 24.1. The van der Waals surface area contributed by atoms with Crippen LogP contribution in [0.4, 0.5) is 10.5 Å². The van der Waals surface area contributed by atoms with Crippen LogP contribution in [0.5, 0.6) is 11.5 Å². The molecule has 174 valence electrons. The highest BCUT2D eigenvalue weighted by molar-refractivity contribution is 5.88. The van der Waals surface area contributed by atoms with E-state index in [0.29, 0.717) is 24.0 Å². The fraction of sp³-hybridized carbons (Fsp3) is 0.296. The molecule has 1 amide bonds. The third-order valence-corrected chi connectivity index (χ3v) is 5.17. The van der Waals surface area contributed by atoms with Crippen molar-refractivity contribution in [3.8, 4) is 22.6 Å². The summed E-state index contributed by atoms with van der Waals surface area (Å²) in [6.45, 7) is 4.96. The first-order valence-electron chi connectivity index (χ1n) is 11.0. The summed E-state index contributed by atoms with van der Waals surface area (Å²) in [6.07, 6.45) is 0.346. The molecule has 0 bridgehead atoms. The molecule has 0 fully saturated rings. The van der Waals surface area contributed by atoms with Gasteiger partial charge in [0.1, 0.15) is 18.1 Å². The molecule has 0 aliphatic carbocycles. The summed E-state index contributed by atoms with van der Waals surface area (Å²) in [5.41, 5.74) is 4.13. The van der Waals surface area contributed by atoms with E-state index < -0.39 is 6.09 Å². The number of benzene rings is 3. The van der Waals surface area contributed by atoms with Crippen LogP contribution in [-0.2, 0) is 18.0 Å². The summed E-state index contributed by atoms with van der Waals surface area (Å²) in [7, 11) is 1.61. The van der Waals surface area contributed by atoms with Gasteiger partial charge in [-0.05, 0) is 58.9 Å². The van der Waals surface area contributed by atoms with E-state index in [9.17, 15) is 9.90 Å². The number of hydrogen-bond acceptors (Lipinski definition) is 5. The van der Waals surface area contributed by atoms with Crippen molar-refractivity contribution in [2.45, 2.75) is 33.5 Å². The zero-order valence-electron chi connectivity index (χ0n) is 19.3. The summed E-state index contributed by atoms with van der Waals surface area (Å²) < 4.78 is 16.5. The van der Waals surface area contributed by atoms with Crippen LogP contribution in [-0.4, -0.2) is 24.9 Å². The Morgan fingerprint density at radius 3 is 2.24 bits per heavy atom. The van der Waals surface area contributed by atoms with Crippen LogP contribution < -0.4 is 14.8 Å². The van der Waals surface area contributed by atoms with Crippen LogP contribution in [0.1, 0.15) is 31.4 Å². The summed E-state index contributed by atoms with van der Waals surface area (Å²) in [4.78, 5) is 12.5. The first-order chi connectivity index (χ1) is 16.0. The molecule has 6 nitrogen and oxygen atoms in total. The molecule has 0 spiro atoms. The summed E-state index contributed by atoms with van der Waals surface area (Å²) >= 11 is 0. The van der Waals surface area contributed by atoms with Crippen molar-refractivity contribution in [2.75, 3.05) is 19.0 Å². The maximum absolute atomic E-state index is 12.5. The molecular weight excluding hydrogens is 418 g/mol. The SMILES string of the molecule is COc1ccc(COC(=O)Nc2cc(-c3ccc(CO)cc3)ccc2OCCC(C)C)cc1. The molecule has 2 N–H and O–H groups in total. The molecule has 3 aromatic rings. The molecule has 0 radical (unpaired) electrons. The van der Waals surface area contributed by atoms with Crippen LogP contribution in [0.25, 0.3) is 11.1 Å². The van der Waals surface area contributed by atoms with Crippen molar-refractivity contribution >= 4 is 11.8 Å². The smallest absolute Gasteiger partial charge is 0.412 e. The Bertz CT molecular complexity index is 1030. The average molecular weight is 450 g/mol. The van der Waals surface area contributed by atoms with E-state index in [1.165, 1.54) is 0 Å². The van der Waals surface area contributed by atoms with Crippen molar-refractivity contribution < 1.29 is 24.1 Å². The minimum Gasteiger partial charge on any atom is -0.497 e. The minimum atomic E-state index is -0.563. The molecular formula is C27H31NO5. The number of methoxy groups -OCH3 is 1. The van der Waals surface area contributed by atoms with Gasteiger partial charge < -0.3 is 19.3 Å². The number of carbonyl (C=O) groups excluding carboxylic acids is 1. The van der Waals surface area contributed by atoms with Crippen LogP contribution >= 0.6 is 0 Å². The predicted octanol–water partition coefficient (Wildman–Crippen LogP) is 6.03. The van der Waals surface area contributed by atoms with Gasteiger partial charge in [-0.25, -0.2) is 4.79 Å². The predicted molar refractivity (Wildman–Crippen MR) is 130 cm³/mol. The lowest BCUT2D eigenvalue weighted by Crippen LogP contribution is -2.15. The number of ether oxygens (including phenoxy) is 3. The van der Waals surface area contributed by atoms with Gasteiger partial charge in [0.2, 0.25) is 0 Å². The maximum Gasteiger partial charge on any atom is 0.412 e.